The van der Waals surface area contributed by atoms with E-state index in [1.54, 1.807) is 6.20 Å². The summed E-state index contributed by atoms with van der Waals surface area (Å²) in [7, 11) is 0. The Balaban J connectivity index is 2.86. The molecule has 0 spiro atoms. The Morgan fingerprint density at radius 2 is 1.91 bits per heavy atom. The summed E-state index contributed by atoms with van der Waals surface area (Å²) < 4.78 is 4.83. The van der Waals surface area contributed by atoms with E-state index >= 15 is 0 Å². The van der Waals surface area contributed by atoms with Gasteiger partial charge in [0.05, 0.1) is 17.6 Å². The number of hydrogen-bond acceptors (Lipinski definition) is 4. The molecule has 0 aliphatic carbocycles. The van der Waals surface area contributed by atoms with Gasteiger partial charge in [-0.2, -0.15) is 0 Å². The first-order chi connectivity index (χ1) is 5.27. The lowest BCUT2D eigenvalue weighted by Gasteiger charge is -1.94. The summed E-state index contributed by atoms with van der Waals surface area (Å²) in [5, 5.41) is 3.58. The van der Waals surface area contributed by atoms with Gasteiger partial charge in [-0.1, -0.05) is 5.16 Å². The second-order valence-electron chi connectivity index (χ2n) is 2.41. The second kappa shape index (κ2) is 2.02. The third-order valence-corrected chi connectivity index (χ3v) is 1.61. The molecule has 0 saturated carbocycles. The maximum absolute atomic E-state index is 4.83. The third-order valence-electron chi connectivity index (χ3n) is 1.61. The van der Waals surface area contributed by atoms with E-state index in [-0.39, 0.29) is 0 Å². The van der Waals surface area contributed by atoms with E-state index in [1.807, 2.05) is 13.8 Å². The third kappa shape index (κ3) is 0.869. The highest BCUT2D eigenvalue weighted by atomic mass is 16.5. The number of fused-ring (bicyclic) bond motifs is 1. The molecule has 11 heavy (non-hydrogen) atoms. The lowest BCUT2D eigenvalue weighted by atomic mass is 10.3. The molecule has 0 saturated heterocycles. The molecule has 0 atom stereocenters. The van der Waals surface area contributed by atoms with Crippen molar-refractivity contribution in [3.63, 3.8) is 0 Å². The minimum atomic E-state index is 0.508. The molecule has 0 amide bonds. The van der Waals surface area contributed by atoms with E-state index in [9.17, 15) is 0 Å². The smallest absolute Gasteiger partial charge is 0.276 e. The maximum atomic E-state index is 4.83. The average Bonchev–Trinajstić information content (AvgIpc) is 2.36. The molecule has 0 bridgehead atoms. The molecule has 2 rings (SSSR count). The molecule has 0 aromatic carbocycles. The number of aromatic nitrogens is 3. The van der Waals surface area contributed by atoms with Gasteiger partial charge in [-0.05, 0) is 13.8 Å². The van der Waals surface area contributed by atoms with Crippen LogP contribution in [0.3, 0.4) is 0 Å². The van der Waals surface area contributed by atoms with Crippen molar-refractivity contribution in [3.05, 3.63) is 17.6 Å². The molecule has 2 aromatic heterocycles. The second-order valence-corrected chi connectivity index (χ2v) is 2.41. The van der Waals surface area contributed by atoms with Crippen LogP contribution in [-0.4, -0.2) is 15.1 Å². The molecule has 4 heteroatoms. The molecule has 0 fully saturated rings. The fraction of sp³-hybridized carbons (Fsp3) is 0.286. The van der Waals surface area contributed by atoms with Crippen molar-refractivity contribution in [1.82, 2.24) is 15.1 Å². The topological polar surface area (TPSA) is 51.8 Å². The Labute approximate surface area is 63.2 Å². The molecule has 2 heterocycles. The largest absolute Gasteiger partial charge is 0.334 e. The lowest BCUT2D eigenvalue weighted by Crippen LogP contribution is -1.90. The highest BCUT2D eigenvalue weighted by molar-refractivity contribution is 5.66. The molecule has 0 radical (unpaired) electrons. The van der Waals surface area contributed by atoms with Crippen LogP contribution in [0, 0.1) is 13.8 Å². The van der Waals surface area contributed by atoms with Crippen molar-refractivity contribution < 1.29 is 4.52 Å². The van der Waals surface area contributed by atoms with Crippen LogP contribution in [0.2, 0.25) is 0 Å². The summed E-state index contributed by atoms with van der Waals surface area (Å²) in [6.07, 6.45) is 1.56. The van der Waals surface area contributed by atoms with Crippen LogP contribution in [0.1, 0.15) is 11.4 Å². The summed E-state index contributed by atoms with van der Waals surface area (Å²) in [4.78, 5) is 8.36. The molecule has 0 aliphatic rings. The SMILES string of the molecule is Cc1nc2cnoc2nc1C. The van der Waals surface area contributed by atoms with Gasteiger partial charge in [0.25, 0.3) is 5.71 Å². The standard InChI is InChI=1S/C7H7N3O/c1-4-5(2)10-7-6(9-4)3-8-11-7/h3H,1-2H3. The Morgan fingerprint density at radius 1 is 1.18 bits per heavy atom. The van der Waals surface area contributed by atoms with Crippen LogP contribution in [0.4, 0.5) is 0 Å². The van der Waals surface area contributed by atoms with Gasteiger partial charge < -0.3 is 4.52 Å². The Kier molecular flexibility index (Phi) is 1.15. The number of aryl methyl sites for hydroxylation is 2. The van der Waals surface area contributed by atoms with E-state index in [2.05, 4.69) is 15.1 Å². The zero-order chi connectivity index (χ0) is 7.84. The normalized spacial score (nSPS) is 10.7. The van der Waals surface area contributed by atoms with Gasteiger partial charge in [0.2, 0.25) is 0 Å². The van der Waals surface area contributed by atoms with Crippen LogP contribution in [-0.2, 0) is 0 Å². The minimum absolute atomic E-state index is 0.508. The Bertz CT molecular complexity index is 357. The van der Waals surface area contributed by atoms with E-state index in [1.165, 1.54) is 0 Å². The van der Waals surface area contributed by atoms with Crippen molar-refractivity contribution in [2.24, 2.45) is 0 Å². The predicted molar refractivity (Wildman–Crippen MR) is 39.1 cm³/mol. The van der Waals surface area contributed by atoms with Gasteiger partial charge in [0, 0.05) is 0 Å². The molecule has 0 unspecified atom stereocenters. The fourth-order valence-electron chi connectivity index (χ4n) is 0.877. The fourth-order valence-corrected chi connectivity index (χ4v) is 0.877. The summed E-state index contributed by atoms with van der Waals surface area (Å²) in [6.45, 7) is 3.80. The molecular formula is C7H7N3O. The number of rotatable bonds is 0. The van der Waals surface area contributed by atoms with Crippen molar-refractivity contribution >= 4 is 11.2 Å². The molecule has 56 valence electrons. The first-order valence-corrected chi connectivity index (χ1v) is 3.33. The predicted octanol–water partition coefficient (Wildman–Crippen LogP) is 1.23. The van der Waals surface area contributed by atoms with Crippen LogP contribution in [0.25, 0.3) is 11.2 Å². The monoisotopic (exact) mass is 149 g/mol. The quantitative estimate of drug-likeness (QED) is 0.565. The summed E-state index contributed by atoms with van der Waals surface area (Å²) >= 11 is 0. The van der Waals surface area contributed by atoms with Crippen molar-refractivity contribution in [2.75, 3.05) is 0 Å². The van der Waals surface area contributed by atoms with Crippen LogP contribution >= 0.6 is 0 Å². The van der Waals surface area contributed by atoms with Gasteiger partial charge in [-0.15, -0.1) is 0 Å². The van der Waals surface area contributed by atoms with Gasteiger partial charge in [-0.25, -0.2) is 9.97 Å². The van der Waals surface area contributed by atoms with Gasteiger partial charge >= 0.3 is 0 Å². The van der Waals surface area contributed by atoms with E-state index in [4.69, 9.17) is 4.52 Å². The average molecular weight is 149 g/mol. The van der Waals surface area contributed by atoms with Crippen LogP contribution in [0.5, 0.6) is 0 Å². The first kappa shape index (κ1) is 6.27. The Hall–Kier alpha value is -1.45. The number of nitrogens with zero attached hydrogens (tertiary/aromatic N) is 3. The van der Waals surface area contributed by atoms with Crippen molar-refractivity contribution in [2.45, 2.75) is 13.8 Å². The summed E-state index contributed by atoms with van der Waals surface area (Å²) in [5.41, 5.74) is 3.02. The Morgan fingerprint density at radius 3 is 2.73 bits per heavy atom. The van der Waals surface area contributed by atoms with Gasteiger partial charge in [0.1, 0.15) is 0 Å². The van der Waals surface area contributed by atoms with Gasteiger partial charge in [-0.3, -0.25) is 0 Å². The zero-order valence-corrected chi connectivity index (χ0v) is 6.33. The molecule has 4 nitrogen and oxygen atoms in total. The zero-order valence-electron chi connectivity index (χ0n) is 6.33. The van der Waals surface area contributed by atoms with E-state index < -0.39 is 0 Å². The molecule has 2 aromatic rings. The van der Waals surface area contributed by atoms with Crippen molar-refractivity contribution in [1.29, 1.82) is 0 Å². The van der Waals surface area contributed by atoms with E-state index in [0.717, 1.165) is 11.4 Å². The maximum Gasteiger partial charge on any atom is 0.276 e. The highest BCUT2D eigenvalue weighted by Gasteiger charge is 2.03. The summed E-state index contributed by atoms with van der Waals surface area (Å²) in [5.74, 6) is 0. The molecular weight excluding hydrogens is 142 g/mol. The van der Waals surface area contributed by atoms with E-state index in [0.29, 0.717) is 11.2 Å². The van der Waals surface area contributed by atoms with Crippen molar-refractivity contribution in [3.8, 4) is 0 Å². The lowest BCUT2D eigenvalue weighted by molar-refractivity contribution is 0.448. The first-order valence-electron chi connectivity index (χ1n) is 3.33. The summed E-state index contributed by atoms with van der Waals surface area (Å²) in [6, 6.07) is 0. The van der Waals surface area contributed by atoms with Crippen LogP contribution < -0.4 is 0 Å². The molecule has 0 N–H and O–H groups in total. The highest BCUT2D eigenvalue weighted by Crippen LogP contribution is 2.09. The molecule has 0 aliphatic heterocycles. The van der Waals surface area contributed by atoms with Gasteiger partial charge in [0.15, 0.2) is 5.52 Å². The number of hydrogen-bond donors (Lipinski definition) is 0. The van der Waals surface area contributed by atoms with Crippen LogP contribution in [0.15, 0.2) is 10.7 Å². The minimum Gasteiger partial charge on any atom is -0.334 e.